The molecule has 4 heteroatoms. The van der Waals surface area contributed by atoms with Crippen LogP contribution >= 0.6 is 0 Å². The number of carboxylic acids is 1. The highest BCUT2D eigenvalue weighted by molar-refractivity contribution is 6.05. The number of anilines is 1. The zero-order valence-electron chi connectivity index (χ0n) is 7.77. The number of phenols is 1. The lowest BCUT2D eigenvalue weighted by atomic mass is 10.0. The summed E-state index contributed by atoms with van der Waals surface area (Å²) in [5, 5.41) is 19.5. The van der Waals surface area contributed by atoms with Gasteiger partial charge in [-0.2, -0.15) is 0 Å². The molecule has 0 radical (unpaired) electrons. The molecule has 0 spiro atoms. The summed E-state index contributed by atoms with van der Waals surface area (Å²) < 4.78 is 0. The van der Waals surface area contributed by atoms with Gasteiger partial charge in [0.05, 0.1) is 11.3 Å². The first-order chi connectivity index (χ1) is 7.09. The molecule has 2 aromatic rings. The minimum atomic E-state index is -1.07. The van der Waals surface area contributed by atoms with Crippen LogP contribution in [0.15, 0.2) is 30.3 Å². The van der Waals surface area contributed by atoms with Crippen molar-refractivity contribution in [3.05, 3.63) is 35.9 Å². The van der Waals surface area contributed by atoms with Crippen molar-refractivity contribution in [1.82, 2.24) is 0 Å². The molecule has 2 rings (SSSR count). The van der Waals surface area contributed by atoms with Gasteiger partial charge in [-0.05, 0) is 23.6 Å². The normalized spacial score (nSPS) is 10.4. The first-order valence-electron chi connectivity index (χ1n) is 4.34. The van der Waals surface area contributed by atoms with E-state index in [1.165, 1.54) is 18.2 Å². The van der Waals surface area contributed by atoms with E-state index in [2.05, 4.69) is 0 Å². The average molecular weight is 203 g/mol. The highest BCUT2D eigenvalue weighted by Gasteiger charge is 2.10. The monoisotopic (exact) mass is 203 g/mol. The minimum Gasteiger partial charge on any atom is -0.508 e. The van der Waals surface area contributed by atoms with Gasteiger partial charge in [-0.3, -0.25) is 0 Å². The topological polar surface area (TPSA) is 83.6 Å². The van der Waals surface area contributed by atoms with Crippen molar-refractivity contribution in [1.29, 1.82) is 0 Å². The van der Waals surface area contributed by atoms with Gasteiger partial charge in [0, 0.05) is 5.39 Å². The summed E-state index contributed by atoms with van der Waals surface area (Å²) in [5.41, 5.74) is 5.92. The van der Waals surface area contributed by atoms with Gasteiger partial charge < -0.3 is 15.9 Å². The Hall–Kier alpha value is -2.23. The van der Waals surface area contributed by atoms with Crippen molar-refractivity contribution in [2.75, 3.05) is 5.73 Å². The fourth-order valence-corrected chi connectivity index (χ4v) is 1.52. The van der Waals surface area contributed by atoms with Crippen LogP contribution in [0.2, 0.25) is 0 Å². The molecular weight excluding hydrogens is 194 g/mol. The quantitative estimate of drug-likeness (QED) is 0.617. The number of benzene rings is 2. The lowest BCUT2D eigenvalue weighted by Crippen LogP contribution is -2.02. The number of carboxylic acid groups (broad SMARTS) is 1. The van der Waals surface area contributed by atoms with Crippen LogP contribution in [-0.2, 0) is 0 Å². The van der Waals surface area contributed by atoms with E-state index in [9.17, 15) is 9.90 Å². The van der Waals surface area contributed by atoms with E-state index in [-0.39, 0.29) is 17.0 Å². The number of rotatable bonds is 1. The minimum absolute atomic E-state index is 0.0492. The number of hydrogen-bond donors (Lipinski definition) is 3. The third-order valence-corrected chi connectivity index (χ3v) is 2.28. The third kappa shape index (κ3) is 1.46. The zero-order valence-corrected chi connectivity index (χ0v) is 7.77. The van der Waals surface area contributed by atoms with Crippen LogP contribution in [0.5, 0.6) is 5.75 Å². The van der Waals surface area contributed by atoms with E-state index in [0.717, 1.165) is 5.39 Å². The first-order valence-corrected chi connectivity index (χ1v) is 4.34. The van der Waals surface area contributed by atoms with Crippen LogP contribution in [0, 0.1) is 0 Å². The Bertz CT molecular complexity index is 549. The Morgan fingerprint density at radius 2 is 1.87 bits per heavy atom. The summed E-state index contributed by atoms with van der Waals surface area (Å²) in [6.45, 7) is 0. The average Bonchev–Trinajstić information content (AvgIpc) is 2.19. The number of nitrogen functional groups attached to an aromatic ring is 1. The van der Waals surface area contributed by atoms with E-state index >= 15 is 0 Å². The van der Waals surface area contributed by atoms with E-state index in [4.69, 9.17) is 10.8 Å². The second-order valence-corrected chi connectivity index (χ2v) is 3.24. The first kappa shape index (κ1) is 9.33. The molecule has 4 nitrogen and oxygen atoms in total. The Morgan fingerprint density at radius 1 is 1.20 bits per heavy atom. The maximum Gasteiger partial charge on any atom is 0.337 e. The van der Waals surface area contributed by atoms with Crippen LogP contribution in [0.4, 0.5) is 5.69 Å². The van der Waals surface area contributed by atoms with Gasteiger partial charge in [-0.15, -0.1) is 0 Å². The fourth-order valence-electron chi connectivity index (χ4n) is 1.52. The summed E-state index contributed by atoms with van der Waals surface area (Å²) in [5.74, 6) is -1.01. The van der Waals surface area contributed by atoms with Gasteiger partial charge in [0.1, 0.15) is 5.75 Å². The zero-order chi connectivity index (χ0) is 11.0. The second kappa shape index (κ2) is 3.16. The maximum atomic E-state index is 10.8. The molecule has 0 amide bonds. The second-order valence-electron chi connectivity index (χ2n) is 3.24. The van der Waals surface area contributed by atoms with Crippen molar-refractivity contribution in [3.63, 3.8) is 0 Å². The molecular formula is C11H9NO3. The van der Waals surface area contributed by atoms with Crippen molar-refractivity contribution >= 4 is 22.4 Å². The molecule has 0 aliphatic rings. The lowest BCUT2D eigenvalue weighted by Gasteiger charge is -2.05. The summed E-state index contributed by atoms with van der Waals surface area (Å²) in [7, 11) is 0. The van der Waals surface area contributed by atoms with Crippen LogP contribution in [0.25, 0.3) is 10.8 Å². The standard InChI is InChI=1S/C11H9NO3/c12-10-8(11(14)15)4-2-6-1-3-7(13)5-9(6)10/h1-5,13H,12H2,(H,14,15). The predicted molar refractivity (Wildman–Crippen MR) is 57.0 cm³/mol. The Morgan fingerprint density at radius 3 is 2.53 bits per heavy atom. The molecule has 0 aliphatic carbocycles. The van der Waals surface area contributed by atoms with Gasteiger partial charge in [0.25, 0.3) is 0 Å². The molecule has 0 saturated carbocycles. The fraction of sp³-hybridized carbons (Fsp3) is 0. The summed E-state index contributed by atoms with van der Waals surface area (Å²) >= 11 is 0. The van der Waals surface area contributed by atoms with Gasteiger partial charge in [-0.1, -0.05) is 12.1 Å². The third-order valence-electron chi connectivity index (χ3n) is 2.28. The van der Waals surface area contributed by atoms with Crippen molar-refractivity contribution in [3.8, 4) is 5.75 Å². The van der Waals surface area contributed by atoms with Crippen LogP contribution in [0.3, 0.4) is 0 Å². The lowest BCUT2D eigenvalue weighted by molar-refractivity contribution is 0.0698. The van der Waals surface area contributed by atoms with Gasteiger partial charge in [0.15, 0.2) is 0 Å². The molecule has 0 aliphatic heterocycles. The molecule has 0 atom stereocenters. The van der Waals surface area contributed by atoms with E-state index in [0.29, 0.717) is 5.39 Å². The number of fused-ring (bicyclic) bond motifs is 1. The Balaban J connectivity index is 2.82. The predicted octanol–water partition coefficient (Wildman–Crippen LogP) is 1.83. The number of aromatic hydroxyl groups is 1. The maximum absolute atomic E-state index is 10.8. The van der Waals surface area contributed by atoms with Gasteiger partial charge in [-0.25, -0.2) is 4.79 Å². The largest absolute Gasteiger partial charge is 0.508 e. The molecule has 76 valence electrons. The highest BCUT2D eigenvalue weighted by Crippen LogP contribution is 2.27. The summed E-state index contributed by atoms with van der Waals surface area (Å²) in [6.07, 6.45) is 0. The molecule has 0 bridgehead atoms. The molecule has 0 fully saturated rings. The van der Waals surface area contributed by atoms with Crippen molar-refractivity contribution in [2.24, 2.45) is 0 Å². The van der Waals surface area contributed by atoms with Crippen LogP contribution in [0.1, 0.15) is 10.4 Å². The molecule has 0 saturated heterocycles. The Kier molecular flexibility index (Phi) is 1.97. The summed E-state index contributed by atoms with van der Waals surface area (Å²) in [6, 6.07) is 7.79. The van der Waals surface area contributed by atoms with Gasteiger partial charge in [0.2, 0.25) is 0 Å². The number of aromatic carboxylic acids is 1. The molecule has 4 N–H and O–H groups in total. The Labute approximate surface area is 85.6 Å². The van der Waals surface area contributed by atoms with E-state index < -0.39 is 5.97 Å². The molecule has 0 heterocycles. The highest BCUT2D eigenvalue weighted by atomic mass is 16.4. The molecule has 2 aromatic carbocycles. The summed E-state index contributed by atoms with van der Waals surface area (Å²) in [4.78, 5) is 10.8. The number of hydrogen-bond acceptors (Lipinski definition) is 3. The number of phenolic OH excluding ortho intramolecular Hbond substituents is 1. The van der Waals surface area contributed by atoms with Crippen molar-refractivity contribution < 1.29 is 15.0 Å². The van der Waals surface area contributed by atoms with Crippen LogP contribution < -0.4 is 5.73 Å². The molecule has 15 heavy (non-hydrogen) atoms. The van der Waals surface area contributed by atoms with E-state index in [1.807, 2.05) is 0 Å². The molecule has 0 aromatic heterocycles. The van der Waals surface area contributed by atoms with Gasteiger partial charge >= 0.3 is 5.97 Å². The smallest absolute Gasteiger partial charge is 0.337 e. The molecule has 0 unspecified atom stereocenters. The van der Waals surface area contributed by atoms with Crippen molar-refractivity contribution in [2.45, 2.75) is 0 Å². The number of carbonyl (C=O) groups is 1. The number of nitrogens with two attached hydrogens (primary N) is 1. The van der Waals surface area contributed by atoms with Crippen LogP contribution in [-0.4, -0.2) is 16.2 Å². The SMILES string of the molecule is Nc1c(C(=O)O)ccc2ccc(O)cc12. The van der Waals surface area contributed by atoms with E-state index in [1.54, 1.807) is 12.1 Å².